The minimum Gasteiger partial charge on any atom is -0.390 e. The maximum Gasteiger partial charge on any atom is 0.240 e. The third-order valence-corrected chi connectivity index (χ3v) is 5.52. The fourth-order valence-electron chi connectivity index (χ4n) is 3.18. The summed E-state index contributed by atoms with van der Waals surface area (Å²) in [6.45, 7) is 4.46. The number of aryl methyl sites for hydroxylation is 1. The second-order valence-corrected chi connectivity index (χ2v) is 7.38. The number of aromatic nitrogens is 2. The smallest absolute Gasteiger partial charge is 0.240 e. The standard InChI is InChI=1S/C20H24N4O3S/c1-2-9-21-18(26)12-24-16(13-25)11-22-20(24)28-14-19(27)23-10-5-7-15-6-3-4-8-17(15)23/h2-4,6,8,11,25H,1,5,7,9-10,12-14H2,(H,21,26). The number of amides is 2. The predicted octanol–water partition coefficient (Wildman–Crippen LogP) is 1.75. The number of carbonyl (C=O) groups is 2. The van der Waals surface area contributed by atoms with Crippen molar-refractivity contribution in [2.75, 3.05) is 23.7 Å². The molecule has 2 amide bonds. The highest BCUT2D eigenvalue weighted by atomic mass is 32.2. The molecule has 0 atom stereocenters. The molecule has 0 fully saturated rings. The summed E-state index contributed by atoms with van der Waals surface area (Å²) in [6, 6.07) is 7.97. The van der Waals surface area contributed by atoms with E-state index in [4.69, 9.17) is 0 Å². The molecule has 3 rings (SSSR count). The van der Waals surface area contributed by atoms with Crippen LogP contribution in [0.25, 0.3) is 0 Å². The number of aliphatic hydroxyl groups is 1. The Balaban J connectivity index is 1.68. The molecule has 1 aromatic heterocycles. The molecule has 0 aliphatic carbocycles. The highest BCUT2D eigenvalue weighted by Gasteiger charge is 2.23. The number of para-hydroxylation sites is 1. The molecule has 0 radical (unpaired) electrons. The van der Waals surface area contributed by atoms with Crippen LogP contribution in [-0.4, -0.2) is 45.3 Å². The summed E-state index contributed by atoms with van der Waals surface area (Å²) in [5, 5.41) is 12.8. The number of aliphatic hydroxyl groups excluding tert-OH is 1. The zero-order valence-electron chi connectivity index (χ0n) is 15.6. The first-order chi connectivity index (χ1) is 13.6. The van der Waals surface area contributed by atoms with Crippen LogP contribution in [0.5, 0.6) is 0 Å². The van der Waals surface area contributed by atoms with Gasteiger partial charge in [-0.2, -0.15) is 0 Å². The van der Waals surface area contributed by atoms with Gasteiger partial charge in [-0.15, -0.1) is 6.58 Å². The Morgan fingerprint density at radius 1 is 1.36 bits per heavy atom. The molecule has 1 aliphatic rings. The second kappa shape index (κ2) is 9.57. The Labute approximate surface area is 168 Å². The van der Waals surface area contributed by atoms with E-state index in [1.807, 2.05) is 23.1 Å². The van der Waals surface area contributed by atoms with E-state index in [1.54, 1.807) is 10.6 Å². The number of hydrogen-bond acceptors (Lipinski definition) is 5. The predicted molar refractivity (Wildman–Crippen MR) is 109 cm³/mol. The number of anilines is 1. The summed E-state index contributed by atoms with van der Waals surface area (Å²) >= 11 is 1.27. The van der Waals surface area contributed by atoms with Crippen LogP contribution in [0.4, 0.5) is 5.69 Å². The van der Waals surface area contributed by atoms with E-state index in [2.05, 4.69) is 22.9 Å². The van der Waals surface area contributed by atoms with Crippen molar-refractivity contribution in [3.05, 3.63) is 54.4 Å². The number of carbonyl (C=O) groups excluding carboxylic acids is 2. The number of rotatable bonds is 8. The highest BCUT2D eigenvalue weighted by molar-refractivity contribution is 7.99. The van der Waals surface area contributed by atoms with Crippen molar-refractivity contribution in [1.29, 1.82) is 0 Å². The van der Waals surface area contributed by atoms with Gasteiger partial charge < -0.3 is 19.9 Å². The maximum atomic E-state index is 12.8. The first-order valence-corrected chi connectivity index (χ1v) is 10.2. The number of imidazole rings is 1. The Kier molecular flexibility index (Phi) is 6.89. The summed E-state index contributed by atoms with van der Waals surface area (Å²) in [5.41, 5.74) is 2.70. The average Bonchev–Trinajstić information content (AvgIpc) is 3.11. The zero-order valence-corrected chi connectivity index (χ0v) is 16.5. The van der Waals surface area contributed by atoms with Crippen molar-refractivity contribution in [3.63, 3.8) is 0 Å². The van der Waals surface area contributed by atoms with Gasteiger partial charge in [-0.1, -0.05) is 36.0 Å². The lowest BCUT2D eigenvalue weighted by Crippen LogP contribution is -2.36. The SMILES string of the molecule is C=CCNC(=O)Cn1c(CO)cnc1SCC(=O)N1CCCc2ccccc21. The first kappa shape index (κ1) is 20.2. The van der Waals surface area contributed by atoms with Gasteiger partial charge in [0.05, 0.1) is 24.3 Å². The van der Waals surface area contributed by atoms with Gasteiger partial charge in [-0.3, -0.25) is 9.59 Å². The molecule has 0 spiro atoms. The number of nitrogens with one attached hydrogen (secondary N) is 1. The van der Waals surface area contributed by atoms with Crippen molar-refractivity contribution in [2.45, 2.75) is 31.1 Å². The molecule has 1 aromatic carbocycles. The van der Waals surface area contributed by atoms with Crippen molar-refractivity contribution in [2.24, 2.45) is 0 Å². The van der Waals surface area contributed by atoms with Crippen LogP contribution in [0.15, 0.2) is 48.3 Å². The summed E-state index contributed by atoms with van der Waals surface area (Å²) < 4.78 is 1.64. The maximum absolute atomic E-state index is 12.8. The van der Waals surface area contributed by atoms with Crippen LogP contribution in [0, 0.1) is 0 Å². The van der Waals surface area contributed by atoms with E-state index >= 15 is 0 Å². The minimum atomic E-state index is -0.226. The molecule has 2 N–H and O–H groups in total. The second-order valence-electron chi connectivity index (χ2n) is 6.44. The zero-order chi connectivity index (χ0) is 19.9. The van der Waals surface area contributed by atoms with Crippen molar-refractivity contribution >= 4 is 29.3 Å². The number of hydrogen-bond donors (Lipinski definition) is 2. The van der Waals surface area contributed by atoms with Crippen molar-refractivity contribution in [1.82, 2.24) is 14.9 Å². The lowest BCUT2D eigenvalue weighted by Gasteiger charge is -2.29. The molecule has 2 heterocycles. The summed E-state index contributed by atoms with van der Waals surface area (Å²) in [4.78, 5) is 31.0. The largest absolute Gasteiger partial charge is 0.390 e. The Hall–Kier alpha value is -2.58. The van der Waals surface area contributed by atoms with Crippen LogP contribution in [0.3, 0.4) is 0 Å². The average molecular weight is 401 g/mol. The summed E-state index contributed by atoms with van der Waals surface area (Å²) in [5.74, 6) is 0.0175. The Morgan fingerprint density at radius 2 is 2.18 bits per heavy atom. The van der Waals surface area contributed by atoms with Gasteiger partial charge in [0.15, 0.2) is 5.16 Å². The van der Waals surface area contributed by atoms with Crippen LogP contribution >= 0.6 is 11.8 Å². The van der Waals surface area contributed by atoms with Crippen molar-refractivity contribution < 1.29 is 14.7 Å². The number of thioether (sulfide) groups is 1. The number of benzene rings is 1. The molecule has 0 unspecified atom stereocenters. The molecule has 28 heavy (non-hydrogen) atoms. The molecular formula is C20H24N4O3S. The van der Waals surface area contributed by atoms with Gasteiger partial charge in [0.1, 0.15) is 6.54 Å². The van der Waals surface area contributed by atoms with E-state index in [-0.39, 0.29) is 30.7 Å². The minimum absolute atomic E-state index is 0.00774. The summed E-state index contributed by atoms with van der Waals surface area (Å²) in [7, 11) is 0. The Bertz CT molecular complexity index is 865. The van der Waals surface area contributed by atoms with E-state index < -0.39 is 0 Å². The van der Waals surface area contributed by atoms with E-state index in [9.17, 15) is 14.7 Å². The third-order valence-electron chi connectivity index (χ3n) is 4.54. The molecule has 7 nitrogen and oxygen atoms in total. The molecule has 8 heteroatoms. The molecule has 0 bridgehead atoms. The molecule has 1 aliphatic heterocycles. The van der Waals surface area contributed by atoms with E-state index in [0.717, 1.165) is 18.5 Å². The molecule has 2 aromatic rings. The molecule has 148 valence electrons. The molecule has 0 saturated carbocycles. The third kappa shape index (κ3) is 4.63. The van der Waals surface area contributed by atoms with Gasteiger partial charge in [0, 0.05) is 18.8 Å². The monoisotopic (exact) mass is 400 g/mol. The Morgan fingerprint density at radius 3 is 2.96 bits per heavy atom. The first-order valence-electron chi connectivity index (χ1n) is 9.18. The van der Waals surface area contributed by atoms with Crippen LogP contribution in [0.1, 0.15) is 17.7 Å². The van der Waals surface area contributed by atoms with Crippen LogP contribution < -0.4 is 10.2 Å². The van der Waals surface area contributed by atoms with Gasteiger partial charge in [-0.25, -0.2) is 4.98 Å². The van der Waals surface area contributed by atoms with Gasteiger partial charge in [0.25, 0.3) is 0 Å². The number of fused-ring (bicyclic) bond motifs is 1. The fraction of sp³-hybridized carbons (Fsp3) is 0.350. The number of nitrogens with zero attached hydrogens (tertiary/aromatic N) is 3. The topological polar surface area (TPSA) is 87.5 Å². The highest BCUT2D eigenvalue weighted by Crippen LogP contribution is 2.28. The van der Waals surface area contributed by atoms with Crippen LogP contribution in [-0.2, 0) is 29.2 Å². The summed E-state index contributed by atoms with van der Waals surface area (Å²) in [6.07, 6.45) is 5.06. The lowest BCUT2D eigenvalue weighted by atomic mass is 10.0. The van der Waals surface area contributed by atoms with Crippen LogP contribution in [0.2, 0.25) is 0 Å². The quantitative estimate of drug-likeness (QED) is 0.521. The van der Waals surface area contributed by atoms with Crippen molar-refractivity contribution in [3.8, 4) is 0 Å². The molecule has 0 saturated heterocycles. The lowest BCUT2D eigenvalue weighted by molar-refractivity contribution is -0.121. The normalized spacial score (nSPS) is 13.1. The van der Waals surface area contributed by atoms with Gasteiger partial charge in [0.2, 0.25) is 11.8 Å². The van der Waals surface area contributed by atoms with E-state index in [1.165, 1.54) is 23.5 Å². The van der Waals surface area contributed by atoms with E-state index in [0.29, 0.717) is 23.9 Å². The fourth-order valence-corrected chi connectivity index (χ4v) is 4.06. The molecular weight excluding hydrogens is 376 g/mol. The van der Waals surface area contributed by atoms with Gasteiger partial charge >= 0.3 is 0 Å². The van der Waals surface area contributed by atoms with Gasteiger partial charge in [-0.05, 0) is 24.5 Å².